The Morgan fingerprint density at radius 3 is 1.59 bits per heavy atom. The second-order valence-corrected chi connectivity index (χ2v) is 8.42. The van der Waals surface area contributed by atoms with Crippen molar-refractivity contribution in [3.63, 3.8) is 0 Å². The molecule has 0 spiro atoms. The molecule has 0 unspecified atom stereocenters. The second kappa shape index (κ2) is 7.89. The lowest BCUT2D eigenvalue weighted by Crippen LogP contribution is -2.27. The molecule has 2 aromatic carbocycles. The van der Waals surface area contributed by atoms with Gasteiger partial charge in [-0.15, -0.1) is 0 Å². The summed E-state index contributed by atoms with van der Waals surface area (Å²) >= 11 is 0. The molecule has 8 heteroatoms. The molecule has 2 aromatic rings. The molecular formula is C19H23N3O4S. The number of hydrogen-bond donors (Lipinski definition) is 0. The van der Waals surface area contributed by atoms with Gasteiger partial charge >= 0.3 is 0 Å². The first-order valence-corrected chi connectivity index (χ1v) is 9.64. The maximum absolute atomic E-state index is 12.7. The van der Waals surface area contributed by atoms with Gasteiger partial charge in [-0.25, -0.2) is 12.7 Å². The van der Waals surface area contributed by atoms with E-state index in [1.165, 1.54) is 55.1 Å². The molecule has 144 valence electrons. The molecule has 0 saturated carbocycles. The van der Waals surface area contributed by atoms with Gasteiger partial charge in [0, 0.05) is 52.1 Å². The SMILES string of the molecule is CC(=O)N(C)c1ccc(N(C)C(=O)c2ccc(S(=O)(=O)N(C)C)cc2)cc1. The Bertz CT molecular complexity index is 936. The van der Waals surface area contributed by atoms with Crippen molar-refractivity contribution in [3.8, 4) is 0 Å². The van der Waals surface area contributed by atoms with Crippen LogP contribution < -0.4 is 9.80 Å². The van der Waals surface area contributed by atoms with E-state index in [2.05, 4.69) is 0 Å². The molecule has 7 nitrogen and oxygen atoms in total. The number of rotatable bonds is 5. The lowest BCUT2D eigenvalue weighted by Gasteiger charge is -2.20. The Labute approximate surface area is 159 Å². The highest BCUT2D eigenvalue weighted by Crippen LogP contribution is 2.22. The molecule has 0 saturated heterocycles. The van der Waals surface area contributed by atoms with Gasteiger partial charge in [-0.2, -0.15) is 0 Å². The van der Waals surface area contributed by atoms with Crippen molar-refractivity contribution in [2.24, 2.45) is 0 Å². The minimum absolute atomic E-state index is 0.0834. The minimum atomic E-state index is -3.54. The van der Waals surface area contributed by atoms with Crippen molar-refractivity contribution in [1.29, 1.82) is 0 Å². The molecule has 0 radical (unpaired) electrons. The zero-order valence-electron chi connectivity index (χ0n) is 16.0. The standard InChI is InChI=1S/C19H23N3O4S/c1-14(23)21(4)16-8-10-17(11-9-16)22(5)19(24)15-6-12-18(13-7-15)27(25,26)20(2)3/h6-13H,1-5H3. The van der Waals surface area contributed by atoms with Gasteiger partial charge in [-0.05, 0) is 48.5 Å². The predicted molar refractivity (Wildman–Crippen MR) is 106 cm³/mol. The van der Waals surface area contributed by atoms with E-state index in [0.29, 0.717) is 11.3 Å². The number of anilines is 2. The zero-order chi connectivity index (χ0) is 20.4. The number of benzene rings is 2. The quantitative estimate of drug-likeness (QED) is 0.785. The highest BCUT2D eigenvalue weighted by atomic mass is 32.2. The third kappa shape index (κ3) is 4.35. The van der Waals surface area contributed by atoms with E-state index >= 15 is 0 Å². The number of hydrogen-bond acceptors (Lipinski definition) is 4. The second-order valence-electron chi connectivity index (χ2n) is 6.27. The molecular weight excluding hydrogens is 366 g/mol. The van der Waals surface area contributed by atoms with Gasteiger partial charge in [0.15, 0.2) is 0 Å². The summed E-state index contributed by atoms with van der Waals surface area (Å²) in [7, 11) is 2.68. The summed E-state index contributed by atoms with van der Waals surface area (Å²) in [6.07, 6.45) is 0. The van der Waals surface area contributed by atoms with Crippen LogP contribution in [0.3, 0.4) is 0 Å². The smallest absolute Gasteiger partial charge is 0.258 e. The number of amides is 2. The van der Waals surface area contributed by atoms with Crippen LogP contribution in [-0.2, 0) is 14.8 Å². The fraction of sp³-hybridized carbons (Fsp3) is 0.263. The van der Waals surface area contributed by atoms with E-state index in [-0.39, 0.29) is 16.7 Å². The van der Waals surface area contributed by atoms with Crippen LogP contribution in [0.25, 0.3) is 0 Å². The maximum Gasteiger partial charge on any atom is 0.258 e. The summed E-state index contributed by atoms with van der Waals surface area (Å²) in [5.41, 5.74) is 1.76. The summed E-state index contributed by atoms with van der Waals surface area (Å²) in [5.74, 6) is -0.351. The Balaban J connectivity index is 2.21. The summed E-state index contributed by atoms with van der Waals surface area (Å²) in [6, 6.07) is 12.8. The van der Waals surface area contributed by atoms with Crippen LogP contribution in [0, 0.1) is 0 Å². The third-order valence-electron chi connectivity index (χ3n) is 4.28. The molecule has 0 fully saturated rings. The van der Waals surface area contributed by atoms with Gasteiger partial charge in [-0.3, -0.25) is 9.59 Å². The Morgan fingerprint density at radius 1 is 0.741 bits per heavy atom. The van der Waals surface area contributed by atoms with Gasteiger partial charge < -0.3 is 9.80 Å². The molecule has 27 heavy (non-hydrogen) atoms. The molecule has 2 rings (SSSR count). The van der Waals surface area contributed by atoms with Gasteiger partial charge in [0.05, 0.1) is 4.90 Å². The number of carbonyl (C=O) groups is 2. The molecule has 0 bridgehead atoms. The summed E-state index contributed by atoms with van der Waals surface area (Å²) in [6.45, 7) is 1.48. The lowest BCUT2D eigenvalue weighted by atomic mass is 10.2. The number of carbonyl (C=O) groups excluding carboxylic acids is 2. The van der Waals surface area contributed by atoms with Crippen LogP contribution >= 0.6 is 0 Å². The van der Waals surface area contributed by atoms with Gasteiger partial charge in [0.1, 0.15) is 0 Å². The third-order valence-corrected chi connectivity index (χ3v) is 6.11. The summed E-state index contributed by atoms with van der Waals surface area (Å²) in [4.78, 5) is 27.2. The van der Waals surface area contributed by atoms with Crippen LogP contribution in [0.1, 0.15) is 17.3 Å². The number of nitrogens with zero attached hydrogens (tertiary/aromatic N) is 3. The summed E-state index contributed by atoms with van der Waals surface area (Å²) in [5, 5.41) is 0. The van der Waals surface area contributed by atoms with Crippen LogP contribution in [0.2, 0.25) is 0 Å². The van der Waals surface area contributed by atoms with Crippen molar-refractivity contribution in [2.45, 2.75) is 11.8 Å². The van der Waals surface area contributed by atoms with Crippen LogP contribution in [-0.4, -0.2) is 52.7 Å². The zero-order valence-corrected chi connectivity index (χ0v) is 16.8. The van der Waals surface area contributed by atoms with Crippen LogP contribution in [0.15, 0.2) is 53.4 Å². The van der Waals surface area contributed by atoms with Gasteiger partial charge in [0.25, 0.3) is 5.91 Å². The highest BCUT2D eigenvalue weighted by Gasteiger charge is 2.19. The van der Waals surface area contributed by atoms with Crippen molar-refractivity contribution in [2.75, 3.05) is 38.0 Å². The first-order chi connectivity index (χ1) is 12.6. The highest BCUT2D eigenvalue weighted by molar-refractivity contribution is 7.89. The largest absolute Gasteiger partial charge is 0.316 e. The van der Waals surface area contributed by atoms with Crippen molar-refractivity contribution in [3.05, 3.63) is 54.1 Å². The Hall–Kier alpha value is -2.71. The Morgan fingerprint density at radius 2 is 1.19 bits per heavy atom. The fourth-order valence-electron chi connectivity index (χ4n) is 2.37. The van der Waals surface area contributed by atoms with E-state index in [1.807, 2.05) is 0 Å². The molecule has 0 atom stereocenters. The van der Waals surface area contributed by atoms with Crippen molar-refractivity contribution in [1.82, 2.24) is 4.31 Å². The summed E-state index contributed by atoms with van der Waals surface area (Å²) < 4.78 is 25.3. The molecule has 0 heterocycles. The molecule has 0 aliphatic heterocycles. The first kappa shape index (κ1) is 20.6. The predicted octanol–water partition coefficient (Wildman–Crippen LogP) is 2.20. The first-order valence-electron chi connectivity index (χ1n) is 8.20. The van der Waals surface area contributed by atoms with Crippen molar-refractivity contribution >= 4 is 33.2 Å². The van der Waals surface area contributed by atoms with E-state index in [4.69, 9.17) is 0 Å². The minimum Gasteiger partial charge on any atom is -0.316 e. The molecule has 0 aromatic heterocycles. The molecule has 0 aliphatic rings. The monoisotopic (exact) mass is 389 g/mol. The van der Waals surface area contributed by atoms with E-state index in [9.17, 15) is 18.0 Å². The van der Waals surface area contributed by atoms with Crippen LogP contribution in [0.5, 0.6) is 0 Å². The fourth-order valence-corrected chi connectivity index (χ4v) is 3.27. The van der Waals surface area contributed by atoms with Crippen molar-refractivity contribution < 1.29 is 18.0 Å². The molecule has 0 aliphatic carbocycles. The topological polar surface area (TPSA) is 78.0 Å². The van der Waals surface area contributed by atoms with E-state index in [0.717, 1.165) is 9.99 Å². The van der Waals surface area contributed by atoms with Gasteiger partial charge in [0.2, 0.25) is 15.9 Å². The lowest BCUT2D eigenvalue weighted by molar-refractivity contribution is -0.116. The van der Waals surface area contributed by atoms with Crippen LogP contribution in [0.4, 0.5) is 11.4 Å². The normalized spacial score (nSPS) is 11.3. The Kier molecular flexibility index (Phi) is 6.02. The maximum atomic E-state index is 12.7. The van der Waals surface area contributed by atoms with E-state index in [1.54, 1.807) is 38.4 Å². The average Bonchev–Trinajstić information content (AvgIpc) is 2.66. The van der Waals surface area contributed by atoms with Gasteiger partial charge in [-0.1, -0.05) is 0 Å². The molecule has 2 amide bonds. The number of sulfonamides is 1. The average molecular weight is 389 g/mol. The molecule has 0 N–H and O–H groups in total. The van der Waals surface area contributed by atoms with E-state index < -0.39 is 10.0 Å².